The Hall–Kier alpha value is -3.18. The predicted octanol–water partition coefficient (Wildman–Crippen LogP) is 3.29. The molecule has 0 atom stereocenters. The lowest BCUT2D eigenvalue weighted by molar-refractivity contribution is 0.572. The number of hydrogen-bond acceptors (Lipinski definition) is 5. The van der Waals surface area contributed by atoms with Crippen molar-refractivity contribution in [1.82, 2.24) is 24.4 Å². The van der Waals surface area contributed by atoms with Crippen LogP contribution in [0.4, 0.5) is 4.39 Å². The lowest BCUT2D eigenvalue weighted by Crippen LogP contribution is -1.93. The first-order valence-electron chi connectivity index (χ1n) is 7.35. The zero-order valence-electron chi connectivity index (χ0n) is 13.1. The first-order valence-corrected chi connectivity index (χ1v) is 8.16. The highest BCUT2D eigenvalue weighted by Crippen LogP contribution is 2.34. The molecule has 0 radical (unpaired) electrons. The minimum atomic E-state index is -0.543. The first-order chi connectivity index (χ1) is 12.1. The topological polar surface area (TPSA) is 71.8 Å². The zero-order valence-corrected chi connectivity index (χ0v) is 13.9. The van der Waals surface area contributed by atoms with Crippen LogP contribution in [0, 0.1) is 17.3 Å². The van der Waals surface area contributed by atoms with Gasteiger partial charge in [-0.05, 0) is 18.2 Å². The molecule has 0 spiro atoms. The Morgan fingerprint density at radius 1 is 1.16 bits per heavy atom. The number of aromatic nitrogens is 5. The summed E-state index contributed by atoms with van der Waals surface area (Å²) in [4.78, 5) is 4.66. The fraction of sp³-hybridized carbons (Fsp3) is 0.0588. The molecule has 0 aliphatic rings. The molecule has 0 aliphatic heterocycles. The van der Waals surface area contributed by atoms with Gasteiger partial charge in [-0.25, -0.2) is 9.50 Å². The Bertz CT molecular complexity index is 1120. The van der Waals surface area contributed by atoms with E-state index >= 15 is 0 Å². The van der Waals surface area contributed by atoms with Gasteiger partial charge in [-0.15, -0.1) is 0 Å². The highest BCUT2D eigenvalue weighted by molar-refractivity contribution is 7.99. The lowest BCUT2D eigenvalue weighted by atomic mass is 10.1. The molecule has 4 aromatic rings. The van der Waals surface area contributed by atoms with Gasteiger partial charge in [-0.3, -0.25) is 4.68 Å². The van der Waals surface area contributed by atoms with Crippen molar-refractivity contribution in [1.29, 1.82) is 5.26 Å². The molecule has 0 amide bonds. The summed E-state index contributed by atoms with van der Waals surface area (Å²) in [6.45, 7) is 0. The number of rotatable bonds is 3. The van der Waals surface area contributed by atoms with E-state index in [0.717, 1.165) is 16.0 Å². The van der Waals surface area contributed by atoms with Crippen molar-refractivity contribution in [3.05, 3.63) is 60.6 Å². The second-order valence-electron chi connectivity index (χ2n) is 5.36. The molecule has 0 fully saturated rings. The van der Waals surface area contributed by atoms with E-state index in [1.54, 1.807) is 27.5 Å². The maximum Gasteiger partial charge on any atom is 0.213 e. The smallest absolute Gasteiger partial charge is 0.213 e. The van der Waals surface area contributed by atoms with Crippen molar-refractivity contribution in [3.63, 3.8) is 0 Å². The zero-order chi connectivity index (χ0) is 17.4. The van der Waals surface area contributed by atoms with Crippen LogP contribution in [0.3, 0.4) is 0 Å². The summed E-state index contributed by atoms with van der Waals surface area (Å²) in [5, 5.41) is 18.3. The van der Waals surface area contributed by atoms with Gasteiger partial charge in [0.2, 0.25) is 5.95 Å². The van der Waals surface area contributed by atoms with E-state index in [4.69, 9.17) is 0 Å². The van der Waals surface area contributed by atoms with Gasteiger partial charge in [-0.1, -0.05) is 17.8 Å². The molecule has 6 nitrogen and oxygen atoms in total. The first kappa shape index (κ1) is 15.4. The van der Waals surface area contributed by atoms with E-state index in [-0.39, 0.29) is 0 Å². The molecular formula is C17H11FN6S. The van der Waals surface area contributed by atoms with Crippen molar-refractivity contribution >= 4 is 17.3 Å². The number of nitrogens with zero attached hydrogens (tertiary/aromatic N) is 6. The Labute approximate surface area is 146 Å². The van der Waals surface area contributed by atoms with Crippen LogP contribution in [-0.2, 0) is 7.05 Å². The number of halogens is 1. The van der Waals surface area contributed by atoms with Gasteiger partial charge in [0.25, 0.3) is 0 Å². The fourth-order valence-electron chi connectivity index (χ4n) is 2.53. The number of nitriles is 1. The monoisotopic (exact) mass is 350 g/mol. The highest BCUT2D eigenvalue weighted by atomic mass is 32.2. The van der Waals surface area contributed by atoms with Crippen molar-refractivity contribution in [2.24, 2.45) is 7.05 Å². The van der Waals surface area contributed by atoms with Gasteiger partial charge >= 0.3 is 0 Å². The molecule has 0 aromatic carbocycles. The molecule has 122 valence electrons. The summed E-state index contributed by atoms with van der Waals surface area (Å²) in [6.07, 6.45) is 7.01. The molecule has 4 rings (SSSR count). The summed E-state index contributed by atoms with van der Waals surface area (Å²) in [5.74, 6) is -0.543. The van der Waals surface area contributed by atoms with E-state index in [9.17, 15) is 9.65 Å². The number of fused-ring (bicyclic) bond motifs is 1. The van der Waals surface area contributed by atoms with Gasteiger partial charge < -0.3 is 0 Å². The van der Waals surface area contributed by atoms with Crippen LogP contribution in [0.15, 0.2) is 59.0 Å². The molecule has 25 heavy (non-hydrogen) atoms. The van der Waals surface area contributed by atoms with E-state index in [1.165, 1.54) is 24.0 Å². The summed E-state index contributed by atoms with van der Waals surface area (Å²) in [7, 11) is 1.84. The van der Waals surface area contributed by atoms with E-state index in [2.05, 4.69) is 21.3 Å². The summed E-state index contributed by atoms with van der Waals surface area (Å²) in [6, 6.07) is 8.71. The molecule has 4 aromatic heterocycles. The Morgan fingerprint density at radius 2 is 2.04 bits per heavy atom. The maximum absolute atomic E-state index is 13.4. The van der Waals surface area contributed by atoms with Crippen molar-refractivity contribution in [2.75, 3.05) is 0 Å². The largest absolute Gasteiger partial charge is 0.275 e. The average Bonchev–Trinajstić information content (AvgIpc) is 3.21. The van der Waals surface area contributed by atoms with Crippen molar-refractivity contribution < 1.29 is 4.39 Å². The quantitative estimate of drug-likeness (QED) is 0.530. The van der Waals surface area contributed by atoms with Gasteiger partial charge in [0, 0.05) is 35.5 Å². The van der Waals surface area contributed by atoms with Gasteiger partial charge in [0.05, 0.1) is 23.5 Å². The van der Waals surface area contributed by atoms with Crippen LogP contribution < -0.4 is 0 Å². The molecule has 0 aliphatic carbocycles. The summed E-state index contributed by atoms with van der Waals surface area (Å²) in [5.41, 5.74) is 2.95. The van der Waals surface area contributed by atoms with E-state index in [1.807, 2.05) is 25.5 Å². The molecule has 0 bridgehead atoms. The maximum atomic E-state index is 13.4. The van der Waals surface area contributed by atoms with Crippen LogP contribution in [0.1, 0.15) is 5.56 Å². The van der Waals surface area contributed by atoms with Crippen LogP contribution >= 0.6 is 11.8 Å². The summed E-state index contributed by atoms with van der Waals surface area (Å²) < 4.78 is 16.8. The highest BCUT2D eigenvalue weighted by Gasteiger charge is 2.14. The van der Waals surface area contributed by atoms with Crippen molar-refractivity contribution in [3.8, 4) is 17.2 Å². The van der Waals surface area contributed by atoms with Crippen molar-refractivity contribution in [2.45, 2.75) is 9.92 Å². The third kappa shape index (κ3) is 2.86. The SMILES string of the molecule is Cn1cc(-c2cc(Sc3cccc(F)n3)c3c(C#N)cnn3c2)cn1. The normalized spacial score (nSPS) is 10.9. The molecule has 0 saturated heterocycles. The third-order valence-electron chi connectivity index (χ3n) is 3.64. The summed E-state index contributed by atoms with van der Waals surface area (Å²) >= 11 is 1.29. The van der Waals surface area contributed by atoms with E-state index in [0.29, 0.717) is 16.1 Å². The number of hydrogen-bond donors (Lipinski definition) is 0. The molecule has 8 heteroatoms. The number of aryl methyl sites for hydroxylation is 1. The minimum Gasteiger partial charge on any atom is -0.275 e. The molecule has 0 unspecified atom stereocenters. The molecule has 4 heterocycles. The van der Waals surface area contributed by atoms with Crippen LogP contribution in [0.5, 0.6) is 0 Å². The standard InChI is InChI=1S/C17H11FN6S/c1-23-9-13(8-20-23)11-5-14(25-16-4-2-3-15(18)22-16)17-12(6-19)7-21-24(17)10-11/h2-5,7-10H,1H3. The predicted molar refractivity (Wildman–Crippen MR) is 90.4 cm³/mol. The van der Waals surface area contributed by atoms with Gasteiger partial charge in [-0.2, -0.15) is 19.8 Å². The Balaban J connectivity index is 1.90. The molecular weight excluding hydrogens is 339 g/mol. The van der Waals surface area contributed by atoms with Crippen LogP contribution in [0.25, 0.3) is 16.6 Å². The Kier molecular flexibility index (Phi) is 3.71. The minimum absolute atomic E-state index is 0.455. The average molecular weight is 350 g/mol. The molecule has 0 N–H and O–H groups in total. The second-order valence-corrected chi connectivity index (χ2v) is 6.42. The van der Waals surface area contributed by atoms with E-state index < -0.39 is 5.95 Å². The van der Waals surface area contributed by atoms with Crippen LogP contribution in [-0.4, -0.2) is 24.4 Å². The van der Waals surface area contributed by atoms with Gasteiger partial charge in [0.15, 0.2) is 0 Å². The molecule has 0 saturated carbocycles. The fourth-order valence-corrected chi connectivity index (χ4v) is 3.52. The van der Waals surface area contributed by atoms with Gasteiger partial charge in [0.1, 0.15) is 11.1 Å². The second kappa shape index (κ2) is 6.03. The Morgan fingerprint density at radius 3 is 2.76 bits per heavy atom. The number of pyridine rings is 2. The third-order valence-corrected chi connectivity index (χ3v) is 4.61. The lowest BCUT2D eigenvalue weighted by Gasteiger charge is -2.07. The van der Waals surface area contributed by atoms with Crippen LogP contribution in [0.2, 0.25) is 0 Å².